The molecular weight excluding hydrogens is 164 g/mol. The number of rotatable bonds is 2. The smallest absolute Gasteiger partial charge is 0.203 e. The van der Waals surface area contributed by atoms with E-state index in [1.165, 1.54) is 12.2 Å². The fourth-order valence-corrected chi connectivity index (χ4v) is 1.10. The van der Waals surface area contributed by atoms with Gasteiger partial charge >= 0.3 is 0 Å². The maximum absolute atomic E-state index is 11.5. The molecule has 0 aliphatic carbocycles. The van der Waals surface area contributed by atoms with Gasteiger partial charge in [0.05, 0.1) is 6.42 Å². The molecule has 0 radical (unpaired) electrons. The molecule has 1 aliphatic rings. The fraction of sp³-hybridized carbons (Fsp3) is 0.364. The van der Waals surface area contributed by atoms with Gasteiger partial charge in [0.15, 0.2) is 5.60 Å². The summed E-state index contributed by atoms with van der Waals surface area (Å²) in [6, 6.07) is 0. The molecule has 0 amide bonds. The van der Waals surface area contributed by atoms with E-state index in [0.29, 0.717) is 12.2 Å². The van der Waals surface area contributed by atoms with Gasteiger partial charge in [0.1, 0.15) is 5.76 Å². The SMILES string of the molecule is C=CC1=CC(=O)C(C)(CC#CC)O1. The Labute approximate surface area is 78.3 Å². The highest BCUT2D eigenvalue weighted by Crippen LogP contribution is 2.27. The van der Waals surface area contributed by atoms with E-state index in [-0.39, 0.29) is 5.78 Å². The molecule has 0 aromatic heterocycles. The highest BCUT2D eigenvalue weighted by Gasteiger charge is 2.38. The minimum Gasteiger partial charge on any atom is -0.478 e. The van der Waals surface area contributed by atoms with Crippen molar-refractivity contribution in [2.45, 2.75) is 25.9 Å². The zero-order valence-electron chi connectivity index (χ0n) is 7.89. The van der Waals surface area contributed by atoms with Crippen molar-refractivity contribution in [2.75, 3.05) is 0 Å². The third-order valence-electron chi connectivity index (χ3n) is 1.94. The second-order valence-corrected chi connectivity index (χ2v) is 3.05. The Morgan fingerprint density at radius 2 is 2.46 bits per heavy atom. The quantitative estimate of drug-likeness (QED) is 0.600. The number of ether oxygens (including phenoxy) is 1. The van der Waals surface area contributed by atoms with Crippen molar-refractivity contribution in [3.63, 3.8) is 0 Å². The number of carbonyl (C=O) groups excluding carboxylic acids is 1. The average molecular weight is 176 g/mol. The Morgan fingerprint density at radius 1 is 1.77 bits per heavy atom. The normalized spacial score (nSPS) is 25.7. The number of carbonyl (C=O) groups is 1. The molecule has 0 fully saturated rings. The summed E-state index contributed by atoms with van der Waals surface area (Å²) in [5.41, 5.74) is -0.799. The third kappa shape index (κ3) is 1.81. The molecule has 0 bridgehead atoms. The lowest BCUT2D eigenvalue weighted by Crippen LogP contribution is -2.31. The summed E-state index contributed by atoms with van der Waals surface area (Å²) in [6.07, 6.45) is 3.42. The summed E-state index contributed by atoms with van der Waals surface area (Å²) in [5, 5.41) is 0. The number of allylic oxidation sites excluding steroid dienone is 1. The van der Waals surface area contributed by atoms with E-state index in [0.717, 1.165) is 0 Å². The molecule has 1 atom stereocenters. The van der Waals surface area contributed by atoms with Crippen molar-refractivity contribution in [3.8, 4) is 11.8 Å². The van der Waals surface area contributed by atoms with Gasteiger partial charge in [0.25, 0.3) is 0 Å². The summed E-state index contributed by atoms with van der Waals surface area (Å²) in [6.45, 7) is 7.02. The molecule has 1 rings (SSSR count). The van der Waals surface area contributed by atoms with Crippen LogP contribution in [0.1, 0.15) is 20.3 Å². The van der Waals surface area contributed by atoms with Crippen LogP contribution in [0.4, 0.5) is 0 Å². The maximum atomic E-state index is 11.5. The average Bonchev–Trinajstić information content (AvgIpc) is 2.40. The van der Waals surface area contributed by atoms with Crippen LogP contribution in [0.3, 0.4) is 0 Å². The van der Waals surface area contributed by atoms with Crippen LogP contribution in [-0.2, 0) is 9.53 Å². The Hall–Kier alpha value is -1.49. The van der Waals surface area contributed by atoms with Crippen LogP contribution < -0.4 is 0 Å². The van der Waals surface area contributed by atoms with Crippen LogP contribution >= 0.6 is 0 Å². The van der Waals surface area contributed by atoms with Crippen LogP contribution in [0.15, 0.2) is 24.5 Å². The summed E-state index contributed by atoms with van der Waals surface area (Å²) in [4.78, 5) is 11.5. The summed E-state index contributed by atoms with van der Waals surface area (Å²) < 4.78 is 5.40. The van der Waals surface area contributed by atoms with E-state index in [2.05, 4.69) is 18.4 Å². The molecule has 0 N–H and O–H groups in total. The Bertz CT molecular complexity index is 328. The maximum Gasteiger partial charge on any atom is 0.203 e. The minimum atomic E-state index is -0.799. The van der Waals surface area contributed by atoms with Gasteiger partial charge < -0.3 is 4.74 Å². The molecule has 1 unspecified atom stereocenters. The molecule has 1 aliphatic heterocycles. The van der Waals surface area contributed by atoms with Crippen LogP contribution in [0.5, 0.6) is 0 Å². The minimum absolute atomic E-state index is 0.0369. The van der Waals surface area contributed by atoms with Crippen molar-refractivity contribution in [1.82, 2.24) is 0 Å². The second kappa shape index (κ2) is 3.49. The van der Waals surface area contributed by atoms with Crippen molar-refractivity contribution in [2.24, 2.45) is 0 Å². The number of hydrogen-bond donors (Lipinski definition) is 0. The number of hydrogen-bond acceptors (Lipinski definition) is 2. The van der Waals surface area contributed by atoms with Gasteiger partial charge in [-0.1, -0.05) is 12.5 Å². The van der Waals surface area contributed by atoms with Gasteiger partial charge in [-0.25, -0.2) is 0 Å². The molecule has 0 saturated carbocycles. The molecule has 68 valence electrons. The second-order valence-electron chi connectivity index (χ2n) is 3.05. The van der Waals surface area contributed by atoms with Crippen LogP contribution in [0.2, 0.25) is 0 Å². The molecule has 2 nitrogen and oxygen atoms in total. The molecule has 0 spiro atoms. The largest absolute Gasteiger partial charge is 0.478 e. The molecular formula is C11H12O2. The van der Waals surface area contributed by atoms with Crippen LogP contribution in [0, 0.1) is 11.8 Å². The van der Waals surface area contributed by atoms with Crippen LogP contribution in [-0.4, -0.2) is 11.4 Å². The van der Waals surface area contributed by atoms with Gasteiger partial charge in [-0.3, -0.25) is 4.79 Å². The molecule has 2 heteroatoms. The van der Waals surface area contributed by atoms with Crippen molar-refractivity contribution < 1.29 is 9.53 Å². The van der Waals surface area contributed by atoms with Gasteiger partial charge in [-0.15, -0.1) is 5.92 Å². The zero-order chi connectivity index (χ0) is 9.90. The lowest BCUT2D eigenvalue weighted by atomic mass is 9.98. The van der Waals surface area contributed by atoms with Crippen LogP contribution in [0.25, 0.3) is 0 Å². The topological polar surface area (TPSA) is 26.3 Å². The Morgan fingerprint density at radius 3 is 2.92 bits per heavy atom. The molecule has 0 aromatic rings. The Kier molecular flexibility index (Phi) is 2.57. The summed E-state index contributed by atoms with van der Waals surface area (Å²) in [7, 11) is 0. The van der Waals surface area contributed by atoms with Gasteiger partial charge in [-0.05, 0) is 19.9 Å². The van der Waals surface area contributed by atoms with Gasteiger partial charge in [0, 0.05) is 6.08 Å². The number of ketones is 1. The third-order valence-corrected chi connectivity index (χ3v) is 1.94. The van der Waals surface area contributed by atoms with Crippen molar-refractivity contribution in [1.29, 1.82) is 0 Å². The van der Waals surface area contributed by atoms with E-state index in [1.54, 1.807) is 13.8 Å². The first-order chi connectivity index (χ1) is 6.12. The summed E-state index contributed by atoms with van der Waals surface area (Å²) in [5.74, 6) is 6.08. The monoisotopic (exact) mass is 176 g/mol. The van der Waals surface area contributed by atoms with Gasteiger partial charge in [-0.2, -0.15) is 0 Å². The lowest BCUT2D eigenvalue weighted by Gasteiger charge is -2.20. The molecule has 0 aromatic carbocycles. The van der Waals surface area contributed by atoms with E-state index in [9.17, 15) is 4.79 Å². The fourth-order valence-electron chi connectivity index (χ4n) is 1.10. The summed E-state index contributed by atoms with van der Waals surface area (Å²) >= 11 is 0. The Balaban J connectivity index is 2.79. The molecule has 13 heavy (non-hydrogen) atoms. The molecule has 1 heterocycles. The van der Waals surface area contributed by atoms with Crippen molar-refractivity contribution >= 4 is 5.78 Å². The van der Waals surface area contributed by atoms with E-state index in [1.807, 2.05) is 0 Å². The van der Waals surface area contributed by atoms with Crippen molar-refractivity contribution in [3.05, 3.63) is 24.5 Å². The lowest BCUT2D eigenvalue weighted by molar-refractivity contribution is -0.127. The highest BCUT2D eigenvalue weighted by molar-refractivity contribution is 5.99. The van der Waals surface area contributed by atoms with Gasteiger partial charge in [0.2, 0.25) is 5.78 Å². The zero-order valence-corrected chi connectivity index (χ0v) is 7.89. The first kappa shape index (κ1) is 9.60. The van der Waals surface area contributed by atoms with E-state index in [4.69, 9.17) is 4.74 Å². The van der Waals surface area contributed by atoms with E-state index >= 15 is 0 Å². The highest BCUT2D eigenvalue weighted by atomic mass is 16.5. The standard InChI is InChI=1S/C11H12O2/c1-4-6-7-11(3)10(12)8-9(5-2)13-11/h5,8H,2,7H2,1,3H3. The molecule has 0 saturated heterocycles. The predicted molar refractivity (Wildman–Crippen MR) is 50.8 cm³/mol. The first-order valence-electron chi connectivity index (χ1n) is 4.09. The predicted octanol–water partition coefficient (Wildman–Crippen LogP) is 1.83. The van der Waals surface area contributed by atoms with E-state index < -0.39 is 5.60 Å². The first-order valence-corrected chi connectivity index (χ1v) is 4.09.